The van der Waals surface area contributed by atoms with E-state index < -0.39 is 26.8 Å². The smallest absolute Gasteiger partial charge is 0.244 e. The van der Waals surface area contributed by atoms with Gasteiger partial charge in [-0.2, -0.15) is 0 Å². The van der Waals surface area contributed by atoms with Crippen LogP contribution in [0.3, 0.4) is 0 Å². The van der Waals surface area contributed by atoms with E-state index in [1.165, 1.54) is 17.4 Å². The second-order valence-electron chi connectivity index (χ2n) is 4.38. The molecule has 0 saturated heterocycles. The lowest BCUT2D eigenvalue weighted by Crippen LogP contribution is -2.29. The summed E-state index contributed by atoms with van der Waals surface area (Å²) in [4.78, 5) is 3.64. The predicted octanol–water partition coefficient (Wildman–Crippen LogP) is 2.20. The van der Waals surface area contributed by atoms with Gasteiger partial charge in [-0.05, 0) is 24.1 Å². The van der Waals surface area contributed by atoms with E-state index in [2.05, 4.69) is 9.71 Å². The quantitative estimate of drug-likeness (QED) is 0.851. The minimum absolute atomic E-state index is 0.318. The number of nitrogens with one attached hydrogen (secondary N) is 1. The zero-order chi connectivity index (χ0) is 15.5. The number of rotatable bonds is 6. The van der Waals surface area contributed by atoms with E-state index in [1.807, 2.05) is 6.92 Å². The Labute approximate surface area is 126 Å². The first-order valence-electron chi connectivity index (χ1n) is 6.29. The van der Waals surface area contributed by atoms with Crippen molar-refractivity contribution < 1.29 is 17.9 Å². The number of hydrogen-bond donors (Lipinski definition) is 2. The summed E-state index contributed by atoms with van der Waals surface area (Å²) >= 11 is 1.34. The Balaban J connectivity index is 2.29. The molecule has 0 aliphatic rings. The fraction of sp³-hybridized carbons (Fsp3) is 0.308. The van der Waals surface area contributed by atoms with Crippen LogP contribution in [0.5, 0.6) is 0 Å². The SMILES string of the molecule is CCC(NS(=O)(=O)c1ccc(CO)cc1F)c1nccs1. The summed E-state index contributed by atoms with van der Waals surface area (Å²) in [7, 11) is -3.99. The molecule has 2 rings (SSSR count). The lowest BCUT2D eigenvalue weighted by Gasteiger charge is -2.15. The Hall–Kier alpha value is -1.35. The first kappa shape index (κ1) is 16.0. The third-order valence-corrected chi connectivity index (χ3v) is 5.32. The zero-order valence-electron chi connectivity index (χ0n) is 11.3. The summed E-state index contributed by atoms with van der Waals surface area (Å²) in [6, 6.07) is 3.05. The van der Waals surface area contributed by atoms with Crippen molar-refractivity contribution in [2.24, 2.45) is 0 Å². The van der Waals surface area contributed by atoms with Crippen LogP contribution in [-0.4, -0.2) is 18.5 Å². The standard InChI is InChI=1S/C13H15FN2O3S2/c1-2-11(13-15-5-6-20-13)16-21(18,19)12-4-3-9(8-17)7-10(12)14/h3-7,11,16-17H,2,8H2,1H3. The lowest BCUT2D eigenvalue weighted by atomic mass is 10.2. The zero-order valence-corrected chi connectivity index (χ0v) is 12.9. The summed E-state index contributed by atoms with van der Waals surface area (Å²) in [6.45, 7) is 1.47. The van der Waals surface area contributed by atoms with Crippen molar-refractivity contribution in [1.29, 1.82) is 0 Å². The minimum atomic E-state index is -3.99. The van der Waals surface area contributed by atoms with Crippen molar-refractivity contribution in [3.8, 4) is 0 Å². The largest absolute Gasteiger partial charge is 0.392 e. The predicted molar refractivity (Wildman–Crippen MR) is 77.8 cm³/mol. The van der Waals surface area contributed by atoms with Gasteiger partial charge in [-0.25, -0.2) is 22.5 Å². The summed E-state index contributed by atoms with van der Waals surface area (Å²) in [5, 5.41) is 11.3. The van der Waals surface area contributed by atoms with Crippen LogP contribution < -0.4 is 4.72 Å². The molecule has 0 aliphatic heterocycles. The van der Waals surface area contributed by atoms with Gasteiger partial charge in [-0.15, -0.1) is 11.3 Å². The first-order chi connectivity index (χ1) is 9.97. The van der Waals surface area contributed by atoms with Gasteiger partial charge in [0.1, 0.15) is 15.7 Å². The van der Waals surface area contributed by atoms with Gasteiger partial charge in [0.25, 0.3) is 0 Å². The molecule has 0 spiro atoms. The molecule has 0 bridgehead atoms. The van der Waals surface area contributed by atoms with E-state index in [9.17, 15) is 12.8 Å². The number of sulfonamides is 1. The molecule has 0 fully saturated rings. The molecule has 1 heterocycles. The molecule has 1 atom stereocenters. The number of aliphatic hydroxyl groups excluding tert-OH is 1. The van der Waals surface area contributed by atoms with Crippen molar-refractivity contribution in [1.82, 2.24) is 9.71 Å². The molecular formula is C13H15FN2O3S2. The molecule has 0 saturated carbocycles. The number of aliphatic hydroxyl groups is 1. The third-order valence-electron chi connectivity index (χ3n) is 2.92. The number of halogens is 1. The van der Waals surface area contributed by atoms with Crippen molar-refractivity contribution in [2.75, 3.05) is 0 Å². The second kappa shape index (κ2) is 6.61. The first-order valence-corrected chi connectivity index (χ1v) is 8.65. The summed E-state index contributed by atoms with van der Waals surface area (Å²) in [5.41, 5.74) is 0.318. The molecular weight excluding hydrogens is 315 g/mol. The number of nitrogens with zero attached hydrogens (tertiary/aromatic N) is 1. The molecule has 0 radical (unpaired) electrons. The molecule has 8 heteroatoms. The van der Waals surface area contributed by atoms with Crippen LogP contribution in [0.2, 0.25) is 0 Å². The average molecular weight is 330 g/mol. The molecule has 21 heavy (non-hydrogen) atoms. The maximum atomic E-state index is 13.9. The highest BCUT2D eigenvalue weighted by Gasteiger charge is 2.24. The monoisotopic (exact) mass is 330 g/mol. The molecule has 0 amide bonds. The van der Waals surface area contributed by atoms with Gasteiger partial charge in [-0.1, -0.05) is 13.0 Å². The Morgan fingerprint density at radius 1 is 1.48 bits per heavy atom. The van der Waals surface area contributed by atoms with Crippen LogP contribution in [-0.2, 0) is 16.6 Å². The molecule has 2 aromatic rings. The number of benzene rings is 1. The van der Waals surface area contributed by atoms with Crippen molar-refractivity contribution in [3.05, 3.63) is 46.2 Å². The van der Waals surface area contributed by atoms with E-state index in [-0.39, 0.29) is 6.61 Å². The van der Waals surface area contributed by atoms with Gasteiger partial charge >= 0.3 is 0 Å². The fourth-order valence-corrected chi connectivity index (χ4v) is 4.02. The van der Waals surface area contributed by atoms with E-state index >= 15 is 0 Å². The Morgan fingerprint density at radius 3 is 2.76 bits per heavy atom. The molecule has 1 aromatic heterocycles. The van der Waals surface area contributed by atoms with Crippen LogP contribution in [0.15, 0.2) is 34.7 Å². The minimum Gasteiger partial charge on any atom is -0.392 e. The van der Waals surface area contributed by atoms with Crippen molar-refractivity contribution >= 4 is 21.4 Å². The molecule has 1 unspecified atom stereocenters. The number of thiazole rings is 1. The highest BCUT2D eigenvalue weighted by atomic mass is 32.2. The molecule has 5 nitrogen and oxygen atoms in total. The maximum Gasteiger partial charge on any atom is 0.244 e. The fourth-order valence-electron chi connectivity index (χ4n) is 1.83. The van der Waals surface area contributed by atoms with Gasteiger partial charge in [0.05, 0.1) is 12.6 Å². The second-order valence-corrected chi connectivity index (χ2v) is 6.98. The normalized spacial score (nSPS) is 13.3. The molecule has 2 N–H and O–H groups in total. The summed E-state index contributed by atoms with van der Waals surface area (Å²) in [6.07, 6.45) is 2.09. The van der Waals surface area contributed by atoms with Crippen molar-refractivity contribution in [2.45, 2.75) is 30.9 Å². The third kappa shape index (κ3) is 3.65. The lowest BCUT2D eigenvalue weighted by molar-refractivity contribution is 0.281. The maximum absolute atomic E-state index is 13.9. The van der Waals surface area contributed by atoms with Gasteiger partial charge in [0, 0.05) is 11.6 Å². The van der Waals surface area contributed by atoms with Crippen LogP contribution in [0.1, 0.15) is 30.0 Å². The van der Waals surface area contributed by atoms with E-state index in [1.54, 1.807) is 11.6 Å². The van der Waals surface area contributed by atoms with E-state index in [0.29, 0.717) is 17.0 Å². The van der Waals surface area contributed by atoms with E-state index in [4.69, 9.17) is 5.11 Å². The summed E-state index contributed by atoms with van der Waals surface area (Å²) in [5.74, 6) is -0.886. The van der Waals surface area contributed by atoms with E-state index in [0.717, 1.165) is 12.1 Å². The van der Waals surface area contributed by atoms with Crippen LogP contribution in [0, 0.1) is 5.82 Å². The van der Waals surface area contributed by atoms with Crippen LogP contribution in [0.25, 0.3) is 0 Å². The molecule has 1 aromatic carbocycles. The van der Waals surface area contributed by atoms with Gasteiger partial charge in [0.2, 0.25) is 10.0 Å². The van der Waals surface area contributed by atoms with Gasteiger partial charge < -0.3 is 5.11 Å². The highest BCUT2D eigenvalue weighted by molar-refractivity contribution is 7.89. The number of aromatic nitrogens is 1. The average Bonchev–Trinajstić information content (AvgIpc) is 2.98. The van der Waals surface area contributed by atoms with Gasteiger partial charge in [-0.3, -0.25) is 0 Å². The Morgan fingerprint density at radius 2 is 2.24 bits per heavy atom. The molecule has 0 aliphatic carbocycles. The Bertz CT molecular complexity index is 702. The van der Waals surface area contributed by atoms with Crippen LogP contribution >= 0.6 is 11.3 Å². The summed E-state index contributed by atoms with van der Waals surface area (Å²) < 4.78 is 40.9. The number of hydrogen-bond acceptors (Lipinski definition) is 5. The molecule has 114 valence electrons. The topological polar surface area (TPSA) is 79.3 Å². The van der Waals surface area contributed by atoms with Crippen LogP contribution in [0.4, 0.5) is 4.39 Å². The van der Waals surface area contributed by atoms with Gasteiger partial charge in [0.15, 0.2) is 0 Å². The van der Waals surface area contributed by atoms with Crippen molar-refractivity contribution in [3.63, 3.8) is 0 Å². The highest BCUT2D eigenvalue weighted by Crippen LogP contribution is 2.23. The Kier molecular flexibility index (Phi) is 5.04.